The third-order valence-electron chi connectivity index (χ3n) is 5.52. The molecule has 1 amide bonds. The number of aromatic nitrogens is 2. The fraction of sp³-hybridized carbons (Fsp3) is 0.208. The van der Waals surface area contributed by atoms with Crippen molar-refractivity contribution in [2.24, 2.45) is 0 Å². The maximum atomic E-state index is 13.5. The van der Waals surface area contributed by atoms with E-state index in [0.717, 1.165) is 15.0 Å². The summed E-state index contributed by atoms with van der Waals surface area (Å²) in [7, 11) is 3.01. The number of halogens is 1. The Morgan fingerprint density at radius 1 is 1.06 bits per heavy atom. The van der Waals surface area contributed by atoms with Crippen molar-refractivity contribution in [1.29, 1.82) is 0 Å². The predicted octanol–water partition coefficient (Wildman–Crippen LogP) is 4.14. The standard InChI is InChI=1S/C24H22ClN3O5S/c1-13-14(2)34-23-21(13)22(30)28(16-7-5-15(25)6-8-16)24(31)27(23)12-20(29)26-18-11-17(32-3)9-10-19(18)33-4/h5-11H,12H2,1-4H3,(H,26,29). The second kappa shape index (κ2) is 9.36. The van der Waals surface area contributed by atoms with Crippen LogP contribution in [0.25, 0.3) is 15.9 Å². The minimum atomic E-state index is -0.617. The number of anilines is 1. The molecule has 4 rings (SSSR count). The zero-order valence-electron chi connectivity index (χ0n) is 19.0. The molecule has 2 heterocycles. The molecule has 0 saturated carbocycles. The molecular formula is C24H22ClN3O5S. The van der Waals surface area contributed by atoms with Crippen LogP contribution in [0.15, 0.2) is 52.1 Å². The Morgan fingerprint density at radius 2 is 1.76 bits per heavy atom. The summed E-state index contributed by atoms with van der Waals surface area (Å²) in [6.07, 6.45) is 0. The summed E-state index contributed by atoms with van der Waals surface area (Å²) in [4.78, 5) is 41.2. The van der Waals surface area contributed by atoms with Crippen molar-refractivity contribution in [3.8, 4) is 17.2 Å². The zero-order valence-corrected chi connectivity index (χ0v) is 20.5. The highest BCUT2D eigenvalue weighted by molar-refractivity contribution is 7.18. The first kappa shape index (κ1) is 23.6. The van der Waals surface area contributed by atoms with Gasteiger partial charge in [-0.2, -0.15) is 0 Å². The number of nitrogens with zero attached hydrogens (tertiary/aromatic N) is 2. The Kier molecular flexibility index (Phi) is 6.49. The molecule has 0 aliphatic carbocycles. The molecule has 0 aliphatic heterocycles. The van der Waals surface area contributed by atoms with E-state index in [9.17, 15) is 14.4 Å². The largest absolute Gasteiger partial charge is 0.497 e. The lowest BCUT2D eigenvalue weighted by Gasteiger charge is -2.14. The number of ether oxygens (including phenoxy) is 2. The molecule has 8 nitrogen and oxygen atoms in total. The van der Waals surface area contributed by atoms with Crippen LogP contribution in [-0.2, 0) is 11.3 Å². The van der Waals surface area contributed by atoms with Crippen LogP contribution in [0.5, 0.6) is 11.5 Å². The minimum Gasteiger partial charge on any atom is -0.497 e. The second-order valence-corrected chi connectivity index (χ2v) is 9.20. The number of nitrogens with one attached hydrogen (secondary N) is 1. The quantitative estimate of drug-likeness (QED) is 0.430. The van der Waals surface area contributed by atoms with Crippen LogP contribution in [0, 0.1) is 13.8 Å². The highest BCUT2D eigenvalue weighted by Gasteiger charge is 2.21. The number of thiophene rings is 1. The summed E-state index contributed by atoms with van der Waals surface area (Å²) in [5.41, 5.74) is 0.495. The number of methoxy groups -OCH3 is 2. The molecule has 4 aromatic rings. The summed E-state index contributed by atoms with van der Waals surface area (Å²) in [6.45, 7) is 3.41. The van der Waals surface area contributed by atoms with E-state index in [1.807, 2.05) is 13.8 Å². The van der Waals surface area contributed by atoms with E-state index in [1.54, 1.807) is 42.5 Å². The molecule has 0 aliphatic rings. The number of hydrogen-bond acceptors (Lipinski definition) is 6. The molecule has 0 saturated heterocycles. The lowest BCUT2D eigenvalue weighted by molar-refractivity contribution is -0.116. The van der Waals surface area contributed by atoms with Gasteiger partial charge in [0.2, 0.25) is 5.91 Å². The minimum absolute atomic E-state index is 0.303. The Morgan fingerprint density at radius 3 is 2.41 bits per heavy atom. The first-order valence-electron chi connectivity index (χ1n) is 10.3. The molecule has 0 atom stereocenters. The van der Waals surface area contributed by atoms with Crippen molar-refractivity contribution in [3.05, 3.63) is 78.8 Å². The molecule has 0 fully saturated rings. The summed E-state index contributed by atoms with van der Waals surface area (Å²) in [5, 5.41) is 3.66. The Hall–Kier alpha value is -3.56. The van der Waals surface area contributed by atoms with Crippen molar-refractivity contribution in [2.45, 2.75) is 20.4 Å². The van der Waals surface area contributed by atoms with Crippen LogP contribution in [0.1, 0.15) is 10.4 Å². The molecule has 0 spiro atoms. The van der Waals surface area contributed by atoms with Gasteiger partial charge in [-0.25, -0.2) is 9.36 Å². The van der Waals surface area contributed by atoms with Crippen LogP contribution in [0.3, 0.4) is 0 Å². The molecule has 10 heteroatoms. The van der Waals surface area contributed by atoms with Crippen LogP contribution in [-0.4, -0.2) is 29.3 Å². The number of carbonyl (C=O) groups excluding carboxylic acids is 1. The number of fused-ring (bicyclic) bond motifs is 1. The van der Waals surface area contributed by atoms with Gasteiger partial charge >= 0.3 is 5.69 Å². The molecule has 0 bridgehead atoms. The van der Waals surface area contributed by atoms with Crippen molar-refractivity contribution >= 4 is 44.7 Å². The lowest BCUT2D eigenvalue weighted by Crippen LogP contribution is -2.40. The Bertz CT molecular complexity index is 1520. The molecular weight excluding hydrogens is 478 g/mol. The number of amides is 1. The SMILES string of the molecule is COc1ccc(OC)c(NC(=O)Cn2c(=O)n(-c3ccc(Cl)cc3)c(=O)c3c(C)c(C)sc32)c1. The van der Waals surface area contributed by atoms with Gasteiger partial charge in [-0.05, 0) is 55.8 Å². The smallest absolute Gasteiger partial charge is 0.337 e. The van der Waals surface area contributed by atoms with Gasteiger partial charge in [-0.15, -0.1) is 11.3 Å². The molecule has 0 radical (unpaired) electrons. The first-order valence-corrected chi connectivity index (χ1v) is 11.5. The van der Waals surface area contributed by atoms with Crippen LogP contribution < -0.4 is 26.0 Å². The van der Waals surface area contributed by atoms with Gasteiger partial charge in [0.15, 0.2) is 0 Å². The maximum absolute atomic E-state index is 13.5. The van der Waals surface area contributed by atoms with Crippen LogP contribution >= 0.6 is 22.9 Å². The molecule has 2 aromatic heterocycles. The highest BCUT2D eigenvalue weighted by atomic mass is 35.5. The molecule has 0 unspecified atom stereocenters. The first-order chi connectivity index (χ1) is 16.2. The van der Waals surface area contributed by atoms with E-state index in [0.29, 0.717) is 38.1 Å². The van der Waals surface area contributed by atoms with Crippen LogP contribution in [0.2, 0.25) is 5.02 Å². The third kappa shape index (κ3) is 4.20. The summed E-state index contributed by atoms with van der Waals surface area (Å²) < 4.78 is 12.9. The van der Waals surface area contributed by atoms with Crippen molar-refractivity contribution < 1.29 is 14.3 Å². The van der Waals surface area contributed by atoms with Gasteiger partial charge in [0, 0.05) is 16.0 Å². The molecule has 34 heavy (non-hydrogen) atoms. The van der Waals surface area contributed by atoms with E-state index < -0.39 is 17.2 Å². The second-order valence-electron chi connectivity index (χ2n) is 7.56. The fourth-order valence-corrected chi connectivity index (χ4v) is 4.93. The highest BCUT2D eigenvalue weighted by Crippen LogP contribution is 2.30. The summed E-state index contributed by atoms with van der Waals surface area (Å²) in [6, 6.07) is 11.4. The number of aryl methyl sites for hydroxylation is 2. The monoisotopic (exact) mass is 499 g/mol. The molecule has 176 valence electrons. The van der Waals surface area contributed by atoms with Crippen molar-refractivity contribution in [2.75, 3.05) is 19.5 Å². The van der Waals surface area contributed by atoms with Crippen molar-refractivity contribution in [1.82, 2.24) is 9.13 Å². The average molecular weight is 500 g/mol. The molecule has 2 aromatic carbocycles. The van der Waals surface area contributed by atoms with E-state index in [-0.39, 0.29) is 6.54 Å². The lowest BCUT2D eigenvalue weighted by atomic mass is 10.2. The predicted molar refractivity (Wildman–Crippen MR) is 134 cm³/mol. The maximum Gasteiger partial charge on any atom is 0.337 e. The summed E-state index contributed by atoms with van der Waals surface area (Å²) >= 11 is 7.29. The van der Waals surface area contributed by atoms with Gasteiger partial charge in [-0.1, -0.05) is 11.6 Å². The normalized spacial score (nSPS) is 11.0. The Balaban J connectivity index is 1.84. The van der Waals surface area contributed by atoms with E-state index in [4.69, 9.17) is 21.1 Å². The number of carbonyl (C=O) groups is 1. The average Bonchev–Trinajstić information content (AvgIpc) is 3.12. The van der Waals surface area contributed by atoms with Crippen LogP contribution in [0.4, 0.5) is 5.69 Å². The zero-order chi connectivity index (χ0) is 24.6. The van der Waals surface area contributed by atoms with Gasteiger partial charge in [0.05, 0.1) is 31.0 Å². The van der Waals surface area contributed by atoms with Gasteiger partial charge in [0.25, 0.3) is 5.56 Å². The van der Waals surface area contributed by atoms with Crippen molar-refractivity contribution in [3.63, 3.8) is 0 Å². The number of hydrogen-bond donors (Lipinski definition) is 1. The van der Waals surface area contributed by atoms with E-state index in [1.165, 1.54) is 30.1 Å². The van der Waals surface area contributed by atoms with E-state index >= 15 is 0 Å². The third-order valence-corrected chi connectivity index (χ3v) is 7.00. The summed E-state index contributed by atoms with van der Waals surface area (Å²) in [5.74, 6) is 0.525. The van der Waals surface area contributed by atoms with Gasteiger partial charge in [0.1, 0.15) is 22.9 Å². The van der Waals surface area contributed by atoms with Gasteiger partial charge < -0.3 is 14.8 Å². The van der Waals surface area contributed by atoms with E-state index in [2.05, 4.69) is 5.32 Å². The Labute approximate surface area is 203 Å². The number of benzene rings is 2. The number of rotatable bonds is 6. The fourth-order valence-electron chi connectivity index (χ4n) is 3.66. The topological polar surface area (TPSA) is 91.6 Å². The van der Waals surface area contributed by atoms with Gasteiger partial charge in [-0.3, -0.25) is 14.2 Å². The molecule has 1 N–H and O–H groups in total.